The number of nitrogens with one attached hydrogen (secondary N) is 1. The summed E-state index contributed by atoms with van der Waals surface area (Å²) in [4.78, 5) is 18.1. The van der Waals surface area contributed by atoms with Crippen molar-refractivity contribution >= 4 is 28.4 Å². The van der Waals surface area contributed by atoms with Gasteiger partial charge in [0.05, 0.1) is 0 Å². The molecule has 1 aliphatic rings. The fourth-order valence-electron chi connectivity index (χ4n) is 4.00. The number of piperidine rings is 1. The van der Waals surface area contributed by atoms with Gasteiger partial charge in [0.2, 0.25) is 0 Å². The van der Waals surface area contributed by atoms with E-state index in [1.807, 2.05) is 17.0 Å². The Balaban J connectivity index is 1.51. The summed E-state index contributed by atoms with van der Waals surface area (Å²) in [7, 11) is 0. The van der Waals surface area contributed by atoms with Crippen LogP contribution in [0.1, 0.15) is 40.4 Å². The molecular formula is C21H21ClN2O. The summed E-state index contributed by atoms with van der Waals surface area (Å²) in [5.74, 6) is 0.580. The molecule has 1 fully saturated rings. The van der Waals surface area contributed by atoms with Crippen LogP contribution in [0, 0.1) is 6.92 Å². The van der Waals surface area contributed by atoms with E-state index in [0.717, 1.165) is 25.9 Å². The molecule has 128 valence electrons. The number of nitrogens with zero attached hydrogens (tertiary/aromatic N) is 1. The van der Waals surface area contributed by atoms with Gasteiger partial charge in [-0.2, -0.15) is 0 Å². The van der Waals surface area contributed by atoms with Crippen LogP contribution in [0.3, 0.4) is 0 Å². The third-order valence-electron chi connectivity index (χ3n) is 5.21. The highest BCUT2D eigenvalue weighted by Gasteiger charge is 2.27. The van der Waals surface area contributed by atoms with Crippen molar-refractivity contribution in [3.8, 4) is 0 Å². The van der Waals surface area contributed by atoms with Crippen LogP contribution in [0.5, 0.6) is 0 Å². The molecule has 4 heteroatoms. The lowest BCUT2D eigenvalue weighted by Gasteiger charge is -2.32. The van der Waals surface area contributed by atoms with Gasteiger partial charge in [-0.1, -0.05) is 35.9 Å². The Hall–Kier alpha value is -2.26. The van der Waals surface area contributed by atoms with Crippen LogP contribution in [-0.2, 0) is 0 Å². The minimum Gasteiger partial charge on any atom is -0.358 e. The Morgan fingerprint density at radius 2 is 1.88 bits per heavy atom. The number of likely N-dealkylation sites (tertiary alicyclic amines) is 1. The zero-order chi connectivity index (χ0) is 17.4. The quantitative estimate of drug-likeness (QED) is 0.680. The average molecular weight is 353 g/mol. The molecule has 4 rings (SSSR count). The van der Waals surface area contributed by atoms with Crippen molar-refractivity contribution in [1.29, 1.82) is 0 Å². The van der Waals surface area contributed by atoms with Gasteiger partial charge < -0.3 is 9.88 Å². The highest BCUT2D eigenvalue weighted by Crippen LogP contribution is 2.35. The number of hydrogen-bond donors (Lipinski definition) is 1. The molecule has 3 aromatic rings. The number of halogens is 1. The van der Waals surface area contributed by atoms with Crippen LogP contribution >= 0.6 is 11.6 Å². The van der Waals surface area contributed by atoms with Gasteiger partial charge in [0.1, 0.15) is 0 Å². The van der Waals surface area contributed by atoms with E-state index in [2.05, 4.69) is 36.2 Å². The van der Waals surface area contributed by atoms with Gasteiger partial charge >= 0.3 is 0 Å². The van der Waals surface area contributed by atoms with Crippen LogP contribution in [0.25, 0.3) is 10.9 Å². The number of carbonyl (C=O) groups is 1. The SMILES string of the molecule is Cc1[nH]c2ccccc2c1C1CCN(C(=O)c2cccc(Cl)c2)CC1. The molecule has 0 spiro atoms. The van der Waals surface area contributed by atoms with Crippen molar-refractivity contribution < 1.29 is 4.79 Å². The number of para-hydroxylation sites is 1. The summed E-state index contributed by atoms with van der Waals surface area (Å²) >= 11 is 6.02. The largest absolute Gasteiger partial charge is 0.358 e. The van der Waals surface area contributed by atoms with Crippen LogP contribution < -0.4 is 0 Å². The van der Waals surface area contributed by atoms with E-state index in [1.54, 1.807) is 12.1 Å². The van der Waals surface area contributed by atoms with E-state index in [0.29, 0.717) is 16.5 Å². The van der Waals surface area contributed by atoms with E-state index >= 15 is 0 Å². The molecule has 0 aliphatic carbocycles. The van der Waals surface area contributed by atoms with Crippen molar-refractivity contribution in [1.82, 2.24) is 9.88 Å². The number of carbonyl (C=O) groups excluding carboxylic acids is 1. The highest BCUT2D eigenvalue weighted by molar-refractivity contribution is 6.30. The summed E-state index contributed by atoms with van der Waals surface area (Å²) in [5.41, 5.74) is 4.55. The van der Waals surface area contributed by atoms with Crippen molar-refractivity contribution in [3.63, 3.8) is 0 Å². The van der Waals surface area contributed by atoms with Crippen LogP contribution in [-0.4, -0.2) is 28.9 Å². The summed E-state index contributed by atoms with van der Waals surface area (Å²) in [6, 6.07) is 15.7. The second-order valence-corrected chi connectivity index (χ2v) is 7.22. The number of aryl methyl sites for hydroxylation is 1. The van der Waals surface area contributed by atoms with Gasteiger partial charge in [0, 0.05) is 40.3 Å². The Labute approximate surface area is 152 Å². The van der Waals surface area contributed by atoms with Crippen molar-refractivity contribution in [2.24, 2.45) is 0 Å². The molecule has 0 saturated carbocycles. The van der Waals surface area contributed by atoms with Gasteiger partial charge in [-0.15, -0.1) is 0 Å². The Morgan fingerprint density at radius 1 is 1.12 bits per heavy atom. The molecule has 0 atom stereocenters. The highest BCUT2D eigenvalue weighted by atomic mass is 35.5. The number of aromatic amines is 1. The molecule has 25 heavy (non-hydrogen) atoms. The fourth-order valence-corrected chi connectivity index (χ4v) is 4.19. The Kier molecular flexibility index (Phi) is 4.26. The van der Waals surface area contributed by atoms with Gasteiger partial charge in [-0.3, -0.25) is 4.79 Å². The van der Waals surface area contributed by atoms with Crippen LogP contribution in [0.15, 0.2) is 48.5 Å². The summed E-state index contributed by atoms with van der Waals surface area (Å²) in [5, 5.41) is 1.93. The van der Waals surface area contributed by atoms with E-state index in [1.165, 1.54) is 22.2 Å². The number of aromatic nitrogens is 1. The van der Waals surface area contributed by atoms with Crippen molar-refractivity contribution in [3.05, 3.63) is 70.4 Å². The first-order valence-electron chi connectivity index (χ1n) is 8.75. The molecule has 1 N–H and O–H groups in total. The molecule has 1 saturated heterocycles. The standard InChI is InChI=1S/C21H21ClN2O/c1-14-20(18-7-2-3-8-19(18)23-14)15-9-11-24(12-10-15)21(25)16-5-4-6-17(22)13-16/h2-8,13,15,23H,9-12H2,1H3. The first-order chi connectivity index (χ1) is 12.1. The maximum atomic E-state index is 12.7. The fraction of sp³-hybridized carbons (Fsp3) is 0.286. The Bertz CT molecular complexity index is 923. The van der Waals surface area contributed by atoms with Gasteiger partial charge in [-0.05, 0) is 55.5 Å². The van der Waals surface area contributed by atoms with Gasteiger partial charge in [0.25, 0.3) is 5.91 Å². The smallest absolute Gasteiger partial charge is 0.253 e. The average Bonchev–Trinajstić information content (AvgIpc) is 2.97. The minimum atomic E-state index is 0.0802. The van der Waals surface area contributed by atoms with Crippen molar-refractivity contribution in [2.75, 3.05) is 13.1 Å². The molecule has 0 bridgehead atoms. The molecule has 0 unspecified atom stereocenters. The number of amides is 1. The lowest BCUT2D eigenvalue weighted by atomic mass is 9.87. The first kappa shape index (κ1) is 16.2. The molecule has 1 aliphatic heterocycles. The minimum absolute atomic E-state index is 0.0802. The monoisotopic (exact) mass is 352 g/mol. The van der Waals surface area contributed by atoms with Gasteiger partial charge in [0.15, 0.2) is 0 Å². The number of rotatable bonds is 2. The molecule has 1 amide bonds. The molecular weight excluding hydrogens is 332 g/mol. The summed E-state index contributed by atoms with van der Waals surface area (Å²) in [6.07, 6.45) is 1.99. The first-order valence-corrected chi connectivity index (χ1v) is 9.13. The number of hydrogen-bond acceptors (Lipinski definition) is 1. The number of fused-ring (bicyclic) bond motifs is 1. The predicted octanol–water partition coefficient (Wildman–Crippen LogP) is 5.15. The predicted molar refractivity (Wildman–Crippen MR) is 102 cm³/mol. The molecule has 3 nitrogen and oxygen atoms in total. The summed E-state index contributed by atoms with van der Waals surface area (Å²) in [6.45, 7) is 3.72. The second-order valence-electron chi connectivity index (χ2n) is 6.79. The number of benzene rings is 2. The molecule has 2 aromatic carbocycles. The zero-order valence-corrected chi connectivity index (χ0v) is 15.0. The number of H-pyrrole nitrogens is 1. The maximum absolute atomic E-state index is 12.7. The second kappa shape index (κ2) is 6.57. The van der Waals surface area contributed by atoms with Gasteiger partial charge in [-0.25, -0.2) is 0 Å². The van der Waals surface area contributed by atoms with E-state index < -0.39 is 0 Å². The lowest BCUT2D eigenvalue weighted by Crippen LogP contribution is -2.38. The molecule has 1 aromatic heterocycles. The lowest BCUT2D eigenvalue weighted by molar-refractivity contribution is 0.0713. The Morgan fingerprint density at radius 3 is 2.64 bits per heavy atom. The normalized spacial score (nSPS) is 15.7. The summed E-state index contributed by atoms with van der Waals surface area (Å²) < 4.78 is 0. The molecule has 2 heterocycles. The third-order valence-corrected chi connectivity index (χ3v) is 5.44. The van der Waals surface area contributed by atoms with E-state index in [9.17, 15) is 4.79 Å². The van der Waals surface area contributed by atoms with E-state index in [4.69, 9.17) is 11.6 Å². The van der Waals surface area contributed by atoms with Crippen LogP contribution in [0.4, 0.5) is 0 Å². The zero-order valence-electron chi connectivity index (χ0n) is 14.3. The van der Waals surface area contributed by atoms with Crippen LogP contribution in [0.2, 0.25) is 5.02 Å². The van der Waals surface area contributed by atoms with Crippen molar-refractivity contribution in [2.45, 2.75) is 25.7 Å². The molecule has 0 radical (unpaired) electrons. The topological polar surface area (TPSA) is 36.1 Å². The third kappa shape index (κ3) is 3.05. The van der Waals surface area contributed by atoms with E-state index in [-0.39, 0.29) is 5.91 Å². The maximum Gasteiger partial charge on any atom is 0.253 e.